The van der Waals surface area contributed by atoms with Crippen LogP contribution in [-0.2, 0) is 12.3 Å². The van der Waals surface area contributed by atoms with Crippen molar-refractivity contribution in [1.29, 1.82) is 0 Å². The van der Waals surface area contributed by atoms with Gasteiger partial charge in [-0.1, -0.05) is 71.4 Å². The maximum absolute atomic E-state index is 12.5. The number of rotatable bonds is 7. The van der Waals surface area contributed by atoms with Crippen LogP contribution in [0.5, 0.6) is 0 Å². The lowest BCUT2D eigenvalue weighted by Gasteiger charge is -2.14. The molecule has 10 heteroatoms. The van der Waals surface area contributed by atoms with E-state index >= 15 is 0 Å². The van der Waals surface area contributed by atoms with Gasteiger partial charge in [-0.25, -0.2) is 4.79 Å². The highest BCUT2D eigenvalue weighted by atomic mass is 79.9. The van der Waals surface area contributed by atoms with Crippen molar-refractivity contribution in [1.82, 2.24) is 20.1 Å². The molecule has 174 valence electrons. The molecule has 0 aliphatic carbocycles. The Bertz CT molecular complexity index is 1330. The molecule has 4 aromatic rings. The van der Waals surface area contributed by atoms with Crippen LogP contribution in [0.3, 0.4) is 0 Å². The van der Waals surface area contributed by atoms with Crippen LogP contribution in [0.4, 0.5) is 10.5 Å². The van der Waals surface area contributed by atoms with Gasteiger partial charge in [0.25, 0.3) is 0 Å². The van der Waals surface area contributed by atoms with Crippen molar-refractivity contribution >= 4 is 62.6 Å². The SMILES string of the molecule is Cc1ccccc1CSc1nnc(CNC(=O)Nc2ccccc2Br)n1-c1cc(Cl)ccc1Cl. The standard InChI is InChI=1S/C24H20BrCl2N5OS/c1-15-6-2-3-7-16(15)14-34-24-31-30-22(32(24)21-12-17(26)10-11-19(21)27)13-28-23(33)29-20-9-5-4-8-18(20)25/h2-12H,13-14H2,1H3,(H2,28,29,33). The van der Waals surface area contributed by atoms with E-state index in [2.05, 4.69) is 55.8 Å². The van der Waals surface area contributed by atoms with E-state index in [0.717, 1.165) is 4.47 Å². The highest BCUT2D eigenvalue weighted by Crippen LogP contribution is 2.31. The zero-order chi connectivity index (χ0) is 24.1. The molecule has 3 aromatic carbocycles. The van der Waals surface area contributed by atoms with Crippen LogP contribution < -0.4 is 10.6 Å². The monoisotopic (exact) mass is 575 g/mol. The number of anilines is 1. The van der Waals surface area contributed by atoms with E-state index in [0.29, 0.717) is 38.2 Å². The summed E-state index contributed by atoms with van der Waals surface area (Å²) in [5, 5.41) is 16.0. The molecular formula is C24H20BrCl2N5OS. The first-order valence-electron chi connectivity index (χ1n) is 10.3. The van der Waals surface area contributed by atoms with Crippen LogP contribution in [0.25, 0.3) is 5.69 Å². The summed E-state index contributed by atoms with van der Waals surface area (Å²) in [6.45, 7) is 2.21. The minimum absolute atomic E-state index is 0.136. The second-order valence-corrected chi connectivity index (χ2v) is 9.97. The molecule has 0 radical (unpaired) electrons. The quantitative estimate of drug-likeness (QED) is 0.227. The topological polar surface area (TPSA) is 71.8 Å². The number of carbonyl (C=O) groups is 1. The molecule has 0 aliphatic rings. The zero-order valence-electron chi connectivity index (χ0n) is 18.1. The molecule has 0 aliphatic heterocycles. The van der Waals surface area contributed by atoms with E-state index in [4.69, 9.17) is 23.2 Å². The molecule has 0 atom stereocenters. The predicted octanol–water partition coefficient (Wildman–Crippen LogP) is 7.26. The first kappa shape index (κ1) is 24.6. The van der Waals surface area contributed by atoms with E-state index in [1.165, 1.54) is 22.9 Å². The highest BCUT2D eigenvalue weighted by Gasteiger charge is 2.18. The van der Waals surface area contributed by atoms with Crippen molar-refractivity contribution in [3.8, 4) is 5.69 Å². The highest BCUT2D eigenvalue weighted by molar-refractivity contribution is 9.10. The summed E-state index contributed by atoms with van der Waals surface area (Å²) in [5.74, 6) is 1.23. The molecule has 34 heavy (non-hydrogen) atoms. The molecule has 1 aromatic heterocycles. The third kappa shape index (κ3) is 5.93. The number of nitrogens with one attached hydrogen (secondary N) is 2. The summed E-state index contributed by atoms with van der Waals surface area (Å²) in [5.41, 5.74) is 3.71. The second-order valence-electron chi connectivity index (χ2n) is 7.33. The lowest BCUT2D eigenvalue weighted by molar-refractivity contribution is 0.251. The van der Waals surface area contributed by atoms with Crippen molar-refractivity contribution < 1.29 is 4.79 Å². The molecule has 6 nitrogen and oxygen atoms in total. The Labute approximate surface area is 220 Å². The molecule has 2 amide bonds. The first-order valence-corrected chi connectivity index (χ1v) is 12.8. The Hall–Kier alpha value is -2.52. The number of halogens is 3. The van der Waals surface area contributed by atoms with Crippen LogP contribution in [0.2, 0.25) is 10.0 Å². The summed E-state index contributed by atoms with van der Waals surface area (Å²) in [4.78, 5) is 12.5. The predicted molar refractivity (Wildman–Crippen MR) is 142 cm³/mol. The number of carbonyl (C=O) groups excluding carboxylic acids is 1. The third-order valence-electron chi connectivity index (χ3n) is 5.00. The van der Waals surface area contributed by atoms with Crippen LogP contribution in [0.15, 0.2) is 76.4 Å². The van der Waals surface area contributed by atoms with E-state index in [-0.39, 0.29) is 12.6 Å². The number of para-hydroxylation sites is 1. The van der Waals surface area contributed by atoms with Gasteiger partial charge in [0.15, 0.2) is 11.0 Å². The number of amides is 2. The number of aromatic nitrogens is 3. The minimum atomic E-state index is -0.368. The molecule has 4 rings (SSSR count). The Kier molecular flexibility index (Phi) is 8.15. The molecule has 0 bridgehead atoms. The molecule has 0 saturated carbocycles. The molecule has 0 spiro atoms. The van der Waals surface area contributed by atoms with Gasteiger partial charge in [0, 0.05) is 15.2 Å². The van der Waals surface area contributed by atoms with Crippen molar-refractivity contribution in [2.24, 2.45) is 0 Å². The summed E-state index contributed by atoms with van der Waals surface area (Å²) in [6.07, 6.45) is 0. The fourth-order valence-corrected chi connectivity index (χ4v) is 5.00. The molecule has 0 unspecified atom stereocenters. The number of benzene rings is 3. The zero-order valence-corrected chi connectivity index (χ0v) is 22.0. The van der Waals surface area contributed by atoms with Gasteiger partial charge < -0.3 is 10.6 Å². The van der Waals surface area contributed by atoms with Gasteiger partial charge >= 0.3 is 6.03 Å². The molecule has 0 saturated heterocycles. The Morgan fingerprint density at radius 1 is 1.06 bits per heavy atom. The van der Waals surface area contributed by atoms with Crippen LogP contribution in [0, 0.1) is 6.92 Å². The average Bonchev–Trinajstić information content (AvgIpc) is 3.23. The van der Waals surface area contributed by atoms with Gasteiger partial charge in [0.1, 0.15) is 0 Å². The number of urea groups is 1. The summed E-state index contributed by atoms with van der Waals surface area (Å²) in [7, 11) is 0. The maximum Gasteiger partial charge on any atom is 0.319 e. The summed E-state index contributed by atoms with van der Waals surface area (Å²) >= 11 is 17.7. The van der Waals surface area contributed by atoms with Crippen molar-refractivity contribution in [2.75, 3.05) is 5.32 Å². The van der Waals surface area contributed by atoms with Crippen LogP contribution >= 0.6 is 50.9 Å². The number of hydrogen-bond donors (Lipinski definition) is 2. The van der Waals surface area contributed by atoms with Gasteiger partial charge in [-0.2, -0.15) is 0 Å². The third-order valence-corrected chi connectivity index (χ3v) is 7.22. The molecule has 0 fully saturated rings. The smallest absolute Gasteiger partial charge is 0.319 e. The first-order chi connectivity index (χ1) is 16.4. The normalized spacial score (nSPS) is 10.8. The average molecular weight is 577 g/mol. The van der Waals surface area contributed by atoms with Gasteiger partial charge in [0.2, 0.25) is 0 Å². The second kappa shape index (κ2) is 11.3. The van der Waals surface area contributed by atoms with E-state index in [1.54, 1.807) is 24.3 Å². The van der Waals surface area contributed by atoms with Crippen molar-refractivity contribution in [3.63, 3.8) is 0 Å². The number of hydrogen-bond acceptors (Lipinski definition) is 4. The van der Waals surface area contributed by atoms with Gasteiger partial charge in [0.05, 0.1) is 22.9 Å². The molecule has 1 heterocycles. The molecular weight excluding hydrogens is 557 g/mol. The lowest BCUT2D eigenvalue weighted by Crippen LogP contribution is -2.29. The Morgan fingerprint density at radius 2 is 1.82 bits per heavy atom. The Balaban J connectivity index is 1.58. The Morgan fingerprint density at radius 3 is 2.62 bits per heavy atom. The van der Waals surface area contributed by atoms with Gasteiger partial charge in [-0.3, -0.25) is 4.57 Å². The number of nitrogens with zero attached hydrogens (tertiary/aromatic N) is 3. The van der Waals surface area contributed by atoms with Crippen molar-refractivity contribution in [2.45, 2.75) is 24.4 Å². The molecule has 2 N–H and O–H groups in total. The fraction of sp³-hybridized carbons (Fsp3) is 0.125. The van der Waals surface area contributed by atoms with E-state index in [1.807, 2.05) is 34.9 Å². The maximum atomic E-state index is 12.5. The van der Waals surface area contributed by atoms with E-state index in [9.17, 15) is 4.79 Å². The lowest BCUT2D eigenvalue weighted by atomic mass is 10.1. The van der Waals surface area contributed by atoms with Crippen molar-refractivity contribution in [3.05, 3.63) is 98.2 Å². The summed E-state index contributed by atoms with van der Waals surface area (Å²) < 4.78 is 2.62. The summed E-state index contributed by atoms with van der Waals surface area (Å²) in [6, 6.07) is 20.4. The van der Waals surface area contributed by atoms with Crippen LogP contribution in [-0.4, -0.2) is 20.8 Å². The van der Waals surface area contributed by atoms with Gasteiger partial charge in [-0.05, 0) is 64.3 Å². The minimum Gasteiger partial charge on any atom is -0.331 e. The van der Waals surface area contributed by atoms with Crippen LogP contribution in [0.1, 0.15) is 17.0 Å². The van der Waals surface area contributed by atoms with E-state index < -0.39 is 0 Å². The number of aryl methyl sites for hydroxylation is 1. The largest absolute Gasteiger partial charge is 0.331 e. The fourth-order valence-electron chi connectivity index (χ4n) is 3.21. The number of thioether (sulfide) groups is 1. The van der Waals surface area contributed by atoms with Gasteiger partial charge in [-0.15, -0.1) is 10.2 Å².